The number of carbonyl (C=O) groups excluding carboxylic acids is 1. The first kappa shape index (κ1) is 17.2. The molecule has 7 nitrogen and oxygen atoms in total. The van der Waals surface area contributed by atoms with Crippen LogP contribution in [0.15, 0.2) is 42.9 Å². The fraction of sp³-hybridized carbons (Fsp3) is 0.300. The molecule has 1 aliphatic heterocycles. The number of hydrogen-bond acceptors (Lipinski definition) is 5. The Bertz CT molecular complexity index is 1020. The highest BCUT2D eigenvalue weighted by Gasteiger charge is 2.27. The van der Waals surface area contributed by atoms with E-state index >= 15 is 0 Å². The Morgan fingerprint density at radius 1 is 1.19 bits per heavy atom. The van der Waals surface area contributed by atoms with Gasteiger partial charge in [0.25, 0.3) is 5.91 Å². The van der Waals surface area contributed by atoms with Gasteiger partial charge in [-0.3, -0.25) is 9.36 Å². The lowest BCUT2D eigenvalue weighted by molar-refractivity contribution is -0.0586. The molecule has 1 amide bonds. The summed E-state index contributed by atoms with van der Waals surface area (Å²) >= 11 is 0. The minimum absolute atomic E-state index is 0.0272. The number of pyridine rings is 2. The van der Waals surface area contributed by atoms with Crippen molar-refractivity contribution in [1.82, 2.24) is 19.4 Å². The molecule has 0 spiro atoms. The fourth-order valence-electron chi connectivity index (χ4n) is 3.47. The topological polar surface area (TPSA) is 84.0 Å². The zero-order chi connectivity index (χ0) is 19.0. The molecule has 3 aromatic rings. The van der Waals surface area contributed by atoms with Crippen LogP contribution in [0.3, 0.4) is 0 Å². The van der Waals surface area contributed by atoms with Crippen molar-refractivity contribution in [2.45, 2.75) is 26.1 Å². The third-order valence-electron chi connectivity index (χ3n) is 4.62. The molecule has 0 saturated carbocycles. The van der Waals surface area contributed by atoms with E-state index < -0.39 is 0 Å². The van der Waals surface area contributed by atoms with Crippen molar-refractivity contribution in [3.8, 4) is 11.8 Å². The molecule has 0 N–H and O–H groups in total. The predicted molar refractivity (Wildman–Crippen MR) is 99.5 cm³/mol. The predicted octanol–water partition coefficient (Wildman–Crippen LogP) is 2.54. The van der Waals surface area contributed by atoms with E-state index in [4.69, 9.17) is 10.00 Å². The van der Waals surface area contributed by atoms with Gasteiger partial charge in [-0.25, -0.2) is 9.97 Å². The second kappa shape index (κ2) is 6.82. The number of nitriles is 1. The van der Waals surface area contributed by atoms with Gasteiger partial charge in [-0.05, 0) is 38.1 Å². The summed E-state index contributed by atoms with van der Waals surface area (Å²) in [7, 11) is 0. The quantitative estimate of drug-likeness (QED) is 0.700. The van der Waals surface area contributed by atoms with Crippen LogP contribution >= 0.6 is 0 Å². The molecular weight excluding hydrogens is 342 g/mol. The van der Waals surface area contributed by atoms with E-state index in [0.717, 1.165) is 16.7 Å². The highest BCUT2D eigenvalue weighted by molar-refractivity contribution is 5.97. The third-order valence-corrected chi connectivity index (χ3v) is 4.62. The van der Waals surface area contributed by atoms with Crippen LogP contribution in [0.5, 0.6) is 0 Å². The van der Waals surface area contributed by atoms with Gasteiger partial charge in [0.15, 0.2) is 0 Å². The Balaban J connectivity index is 1.64. The molecule has 27 heavy (non-hydrogen) atoms. The maximum atomic E-state index is 12.9. The van der Waals surface area contributed by atoms with Crippen LogP contribution in [-0.4, -0.2) is 50.6 Å². The molecule has 1 fully saturated rings. The zero-order valence-corrected chi connectivity index (χ0v) is 15.2. The monoisotopic (exact) mass is 361 g/mol. The van der Waals surface area contributed by atoms with Crippen LogP contribution in [0.2, 0.25) is 0 Å². The number of amides is 1. The van der Waals surface area contributed by atoms with Gasteiger partial charge in [0.05, 0.1) is 29.7 Å². The molecule has 1 aliphatic rings. The summed E-state index contributed by atoms with van der Waals surface area (Å²) < 4.78 is 7.59. The Morgan fingerprint density at radius 2 is 1.96 bits per heavy atom. The van der Waals surface area contributed by atoms with E-state index in [2.05, 4.69) is 9.97 Å². The number of morpholine rings is 1. The molecule has 0 radical (unpaired) electrons. The first-order valence-corrected chi connectivity index (χ1v) is 8.83. The Kier molecular flexibility index (Phi) is 4.34. The van der Waals surface area contributed by atoms with Crippen molar-refractivity contribution < 1.29 is 9.53 Å². The molecule has 136 valence electrons. The number of nitrogens with zero attached hydrogens (tertiary/aromatic N) is 5. The Hall–Kier alpha value is -3.24. The van der Waals surface area contributed by atoms with Gasteiger partial charge in [-0.15, -0.1) is 0 Å². The smallest absolute Gasteiger partial charge is 0.255 e. The first-order chi connectivity index (χ1) is 13.0. The zero-order valence-electron chi connectivity index (χ0n) is 15.2. The second-order valence-electron chi connectivity index (χ2n) is 6.80. The van der Waals surface area contributed by atoms with Crippen LogP contribution in [-0.2, 0) is 4.74 Å². The molecule has 2 atom stereocenters. The highest BCUT2D eigenvalue weighted by atomic mass is 16.5. The average molecular weight is 361 g/mol. The van der Waals surface area contributed by atoms with E-state index in [0.29, 0.717) is 24.3 Å². The number of hydrogen-bond donors (Lipinski definition) is 0. The summed E-state index contributed by atoms with van der Waals surface area (Å²) in [5.41, 5.74) is 2.48. The average Bonchev–Trinajstić information content (AvgIpc) is 3.10. The second-order valence-corrected chi connectivity index (χ2v) is 6.80. The summed E-state index contributed by atoms with van der Waals surface area (Å²) in [5.74, 6) is -0.0285. The molecule has 0 aromatic carbocycles. The van der Waals surface area contributed by atoms with Crippen LogP contribution in [0, 0.1) is 11.3 Å². The first-order valence-electron chi connectivity index (χ1n) is 8.83. The lowest BCUT2D eigenvalue weighted by Gasteiger charge is -2.35. The SMILES string of the molecule is CC1CN(C(=O)c2cnc3c(ccn3-c3ccc(C#N)nc3)c2)CC(C)O1. The van der Waals surface area contributed by atoms with E-state index in [1.807, 2.05) is 53.8 Å². The van der Waals surface area contributed by atoms with Crippen molar-refractivity contribution in [1.29, 1.82) is 5.26 Å². The summed E-state index contributed by atoms with van der Waals surface area (Å²) in [5, 5.41) is 9.75. The highest BCUT2D eigenvalue weighted by Crippen LogP contribution is 2.21. The minimum Gasteiger partial charge on any atom is -0.372 e. The molecular formula is C20H19N5O2. The van der Waals surface area contributed by atoms with Gasteiger partial charge >= 0.3 is 0 Å². The Labute approximate surface area is 156 Å². The van der Waals surface area contributed by atoms with Crippen molar-refractivity contribution in [3.05, 3.63) is 54.1 Å². The summed E-state index contributed by atoms with van der Waals surface area (Å²) in [6.45, 7) is 5.12. The summed E-state index contributed by atoms with van der Waals surface area (Å²) in [4.78, 5) is 23.3. The minimum atomic E-state index is -0.0285. The fourth-order valence-corrected chi connectivity index (χ4v) is 3.47. The van der Waals surface area contributed by atoms with Crippen LogP contribution < -0.4 is 0 Å². The standard InChI is InChI=1S/C20H19N5O2/c1-13-11-24(12-14(2)27-13)20(26)16-7-15-5-6-25(19(15)23-9-16)18-4-3-17(8-21)22-10-18/h3-7,9-10,13-14H,11-12H2,1-2H3. The van der Waals surface area contributed by atoms with Crippen LogP contribution in [0.1, 0.15) is 29.9 Å². The van der Waals surface area contributed by atoms with Gasteiger partial charge in [0, 0.05) is 30.9 Å². The molecule has 0 bridgehead atoms. The molecule has 2 unspecified atom stereocenters. The van der Waals surface area contributed by atoms with E-state index in [9.17, 15) is 4.79 Å². The number of ether oxygens (including phenoxy) is 1. The van der Waals surface area contributed by atoms with Crippen LogP contribution in [0.25, 0.3) is 16.7 Å². The summed E-state index contributed by atoms with van der Waals surface area (Å²) in [6, 6.07) is 9.28. The number of aromatic nitrogens is 3. The molecule has 3 aromatic heterocycles. The van der Waals surface area contributed by atoms with Gasteiger partial charge in [0.1, 0.15) is 17.4 Å². The number of carbonyl (C=O) groups is 1. The third kappa shape index (κ3) is 3.27. The van der Waals surface area contributed by atoms with Crippen molar-refractivity contribution in [2.24, 2.45) is 0 Å². The van der Waals surface area contributed by atoms with Crippen LogP contribution in [0.4, 0.5) is 0 Å². The lowest BCUT2D eigenvalue weighted by atomic mass is 10.1. The maximum Gasteiger partial charge on any atom is 0.255 e. The lowest BCUT2D eigenvalue weighted by Crippen LogP contribution is -2.48. The van der Waals surface area contributed by atoms with Crippen molar-refractivity contribution in [2.75, 3.05) is 13.1 Å². The van der Waals surface area contributed by atoms with Gasteiger partial charge in [0.2, 0.25) is 0 Å². The van der Waals surface area contributed by atoms with E-state index in [1.54, 1.807) is 18.5 Å². The molecule has 1 saturated heterocycles. The molecule has 4 heterocycles. The summed E-state index contributed by atoms with van der Waals surface area (Å²) in [6.07, 6.45) is 5.19. The van der Waals surface area contributed by atoms with Gasteiger partial charge in [-0.1, -0.05) is 0 Å². The van der Waals surface area contributed by atoms with Crippen molar-refractivity contribution >= 4 is 16.9 Å². The van der Waals surface area contributed by atoms with Gasteiger partial charge in [-0.2, -0.15) is 5.26 Å². The van der Waals surface area contributed by atoms with Gasteiger partial charge < -0.3 is 9.64 Å². The molecule has 7 heteroatoms. The number of fused-ring (bicyclic) bond motifs is 1. The Morgan fingerprint density at radius 3 is 2.63 bits per heavy atom. The van der Waals surface area contributed by atoms with E-state index in [-0.39, 0.29) is 18.1 Å². The van der Waals surface area contributed by atoms with E-state index in [1.165, 1.54) is 0 Å². The number of rotatable bonds is 2. The normalized spacial score (nSPS) is 19.8. The molecule has 0 aliphatic carbocycles. The van der Waals surface area contributed by atoms with Crippen molar-refractivity contribution in [3.63, 3.8) is 0 Å². The largest absolute Gasteiger partial charge is 0.372 e. The maximum absolute atomic E-state index is 12.9. The molecule has 4 rings (SSSR count).